The number of rotatable bonds is 0. The number of carbonyl (C=O) groups excluding carboxylic acids is 1. The van der Waals surface area contributed by atoms with Gasteiger partial charge in [0.25, 0.3) is 0 Å². The number of hydrogen-bond acceptors (Lipinski definition) is 5. The molecule has 1 amide bonds. The maximum Gasteiger partial charge on any atom is 0.227 e. The van der Waals surface area contributed by atoms with E-state index in [1.54, 1.807) is 37.3 Å². The number of nitrogens with one attached hydrogen (secondary N) is 1. The molecule has 1 aliphatic heterocycles. The van der Waals surface area contributed by atoms with Crippen LogP contribution in [0.2, 0.25) is 0 Å². The fraction of sp³-hybridized carbons (Fsp3) is 0.435. The molecule has 6 heteroatoms. The fourth-order valence-corrected chi connectivity index (χ4v) is 3.28. The molecule has 5 N–H and O–H groups in total. The third-order valence-corrected chi connectivity index (χ3v) is 5.08. The van der Waals surface area contributed by atoms with Crippen LogP contribution in [0.1, 0.15) is 38.7 Å². The number of benzene rings is 1. The SMILES string of the molecule is CC1=CCCc2cc(O)cc(c2)NC(=O)CC(O)C=CC=CCC(O)C(C)C1O. The number of carbonyl (C=O) groups is 1. The van der Waals surface area contributed by atoms with E-state index in [2.05, 4.69) is 5.32 Å². The summed E-state index contributed by atoms with van der Waals surface area (Å²) in [5.41, 5.74) is 2.10. The molecule has 0 radical (unpaired) electrons. The fourth-order valence-electron chi connectivity index (χ4n) is 3.28. The Kier molecular flexibility index (Phi) is 8.64. The number of aliphatic hydroxyl groups is 3. The summed E-state index contributed by atoms with van der Waals surface area (Å²) in [6, 6.07) is 4.87. The van der Waals surface area contributed by atoms with Crippen molar-refractivity contribution >= 4 is 11.6 Å². The largest absolute Gasteiger partial charge is 0.508 e. The number of phenols is 1. The zero-order chi connectivity index (χ0) is 21.4. The Bertz CT molecular complexity index is 783. The third kappa shape index (κ3) is 7.49. The first-order valence-electron chi connectivity index (χ1n) is 9.93. The Morgan fingerprint density at radius 1 is 1.10 bits per heavy atom. The number of aromatic hydroxyl groups is 1. The van der Waals surface area contributed by atoms with Crippen LogP contribution in [0.15, 0.2) is 54.2 Å². The van der Waals surface area contributed by atoms with Crippen LogP contribution in [-0.4, -0.2) is 44.6 Å². The van der Waals surface area contributed by atoms with E-state index < -0.39 is 18.3 Å². The van der Waals surface area contributed by atoms with Crippen LogP contribution in [0, 0.1) is 5.92 Å². The highest BCUT2D eigenvalue weighted by atomic mass is 16.3. The molecule has 6 nitrogen and oxygen atoms in total. The van der Waals surface area contributed by atoms with Crippen molar-refractivity contribution in [2.45, 2.75) is 57.8 Å². The van der Waals surface area contributed by atoms with Crippen LogP contribution < -0.4 is 5.32 Å². The second kappa shape index (κ2) is 11.0. The Balaban J connectivity index is 2.24. The van der Waals surface area contributed by atoms with Crippen LogP contribution in [0.4, 0.5) is 5.69 Å². The molecule has 0 saturated carbocycles. The first-order chi connectivity index (χ1) is 13.8. The Morgan fingerprint density at radius 3 is 2.62 bits per heavy atom. The van der Waals surface area contributed by atoms with Gasteiger partial charge >= 0.3 is 0 Å². The number of anilines is 1. The van der Waals surface area contributed by atoms with Crippen molar-refractivity contribution < 1.29 is 25.2 Å². The van der Waals surface area contributed by atoms with E-state index in [0.717, 1.165) is 11.1 Å². The number of phenolic OH excluding ortho intramolecular Hbond substituents is 1. The van der Waals surface area contributed by atoms with Gasteiger partial charge in [0.15, 0.2) is 0 Å². The van der Waals surface area contributed by atoms with Crippen LogP contribution in [0.25, 0.3) is 0 Å². The summed E-state index contributed by atoms with van der Waals surface area (Å²) >= 11 is 0. The minimum absolute atomic E-state index is 0.0479. The van der Waals surface area contributed by atoms with Gasteiger partial charge in [0.1, 0.15) is 5.75 Å². The van der Waals surface area contributed by atoms with Crippen LogP contribution in [0.5, 0.6) is 5.75 Å². The molecule has 29 heavy (non-hydrogen) atoms. The summed E-state index contributed by atoms with van der Waals surface area (Å²) in [6.45, 7) is 3.64. The van der Waals surface area contributed by atoms with Crippen molar-refractivity contribution in [1.82, 2.24) is 0 Å². The molecule has 1 aromatic rings. The average Bonchev–Trinajstić information content (AvgIpc) is 2.64. The van der Waals surface area contributed by atoms with Gasteiger partial charge in [-0.05, 0) is 49.5 Å². The minimum atomic E-state index is -0.948. The zero-order valence-electron chi connectivity index (χ0n) is 17.0. The highest BCUT2D eigenvalue weighted by Gasteiger charge is 2.22. The topological polar surface area (TPSA) is 110 Å². The first kappa shape index (κ1) is 22.9. The van der Waals surface area contributed by atoms with Crippen molar-refractivity contribution in [2.75, 3.05) is 5.32 Å². The van der Waals surface area contributed by atoms with Crippen molar-refractivity contribution in [3.8, 4) is 5.75 Å². The number of aryl methyl sites for hydroxylation is 1. The van der Waals surface area contributed by atoms with Crippen molar-refractivity contribution in [2.24, 2.45) is 5.92 Å². The van der Waals surface area contributed by atoms with Gasteiger partial charge in [-0.25, -0.2) is 0 Å². The maximum atomic E-state index is 12.1. The van der Waals surface area contributed by atoms with Gasteiger partial charge in [0.2, 0.25) is 5.91 Å². The molecule has 4 atom stereocenters. The molecule has 2 rings (SSSR count). The van der Waals surface area contributed by atoms with Gasteiger partial charge in [-0.1, -0.05) is 37.3 Å². The normalized spacial score (nSPS) is 27.3. The predicted molar refractivity (Wildman–Crippen MR) is 114 cm³/mol. The van der Waals surface area contributed by atoms with Crippen molar-refractivity contribution in [3.63, 3.8) is 0 Å². The minimum Gasteiger partial charge on any atom is -0.508 e. The van der Waals surface area contributed by atoms with E-state index in [0.29, 0.717) is 24.9 Å². The Morgan fingerprint density at radius 2 is 1.86 bits per heavy atom. The summed E-state index contributed by atoms with van der Waals surface area (Å²) < 4.78 is 0. The van der Waals surface area contributed by atoms with Crippen molar-refractivity contribution in [1.29, 1.82) is 0 Å². The molecule has 1 aliphatic rings. The highest BCUT2D eigenvalue weighted by Crippen LogP contribution is 2.23. The van der Waals surface area contributed by atoms with Gasteiger partial charge in [0, 0.05) is 17.7 Å². The number of hydrogen-bond donors (Lipinski definition) is 5. The molecule has 0 spiro atoms. The highest BCUT2D eigenvalue weighted by molar-refractivity contribution is 5.91. The lowest BCUT2D eigenvalue weighted by Gasteiger charge is -2.24. The van der Waals surface area contributed by atoms with Gasteiger partial charge in [0.05, 0.1) is 24.7 Å². The molecule has 1 aromatic carbocycles. The van der Waals surface area contributed by atoms with E-state index in [-0.39, 0.29) is 24.0 Å². The van der Waals surface area contributed by atoms with E-state index in [9.17, 15) is 25.2 Å². The van der Waals surface area contributed by atoms with Crippen molar-refractivity contribution in [3.05, 3.63) is 59.7 Å². The number of aliphatic hydroxyl groups excluding tert-OH is 3. The summed E-state index contributed by atoms with van der Waals surface area (Å²) in [6.07, 6.45) is 7.63. The second-order valence-corrected chi connectivity index (χ2v) is 7.61. The summed E-state index contributed by atoms with van der Waals surface area (Å²) in [5, 5.41) is 43.4. The maximum absolute atomic E-state index is 12.1. The standard InChI is InChI=1S/C23H31NO5/c1-15-7-6-8-17-11-18(13-20(26)12-17)24-22(28)14-19(25)9-4-3-5-10-21(27)16(2)23(15)29/h3-5,7,9,11-13,16,19,21,23,25-27,29H,6,8,10,14H2,1-2H3,(H,24,28). The summed E-state index contributed by atoms with van der Waals surface area (Å²) in [7, 11) is 0. The lowest BCUT2D eigenvalue weighted by molar-refractivity contribution is -0.117. The second-order valence-electron chi connectivity index (χ2n) is 7.61. The quantitative estimate of drug-likeness (QED) is 0.430. The molecule has 158 valence electrons. The molecular formula is C23H31NO5. The third-order valence-electron chi connectivity index (χ3n) is 5.08. The van der Waals surface area contributed by atoms with Gasteiger partial charge in [-0.2, -0.15) is 0 Å². The number of allylic oxidation sites excluding steroid dienone is 3. The van der Waals surface area contributed by atoms with Crippen LogP contribution in [-0.2, 0) is 11.2 Å². The Hall–Kier alpha value is -2.41. The van der Waals surface area contributed by atoms with E-state index in [4.69, 9.17) is 0 Å². The molecular weight excluding hydrogens is 370 g/mol. The Labute approximate surface area is 171 Å². The lowest BCUT2D eigenvalue weighted by Crippen LogP contribution is -2.30. The van der Waals surface area contributed by atoms with E-state index in [1.165, 1.54) is 12.1 Å². The van der Waals surface area contributed by atoms with Gasteiger partial charge < -0.3 is 25.7 Å². The molecule has 0 fully saturated rings. The van der Waals surface area contributed by atoms with E-state index in [1.807, 2.05) is 13.0 Å². The first-order valence-corrected chi connectivity index (χ1v) is 9.93. The van der Waals surface area contributed by atoms with Crippen LogP contribution in [0.3, 0.4) is 0 Å². The van der Waals surface area contributed by atoms with Gasteiger partial charge in [-0.15, -0.1) is 0 Å². The number of amides is 1. The number of fused-ring (bicyclic) bond motifs is 2. The molecule has 0 aromatic heterocycles. The average molecular weight is 402 g/mol. The molecule has 1 heterocycles. The monoisotopic (exact) mass is 401 g/mol. The van der Waals surface area contributed by atoms with E-state index >= 15 is 0 Å². The smallest absolute Gasteiger partial charge is 0.227 e. The van der Waals surface area contributed by atoms with Gasteiger partial charge in [-0.3, -0.25) is 4.79 Å². The predicted octanol–water partition coefficient (Wildman–Crippen LogP) is 2.83. The summed E-state index contributed by atoms with van der Waals surface area (Å²) in [4.78, 5) is 12.1. The molecule has 2 bridgehead atoms. The zero-order valence-corrected chi connectivity index (χ0v) is 17.0. The molecule has 4 unspecified atom stereocenters. The summed E-state index contributed by atoms with van der Waals surface area (Å²) in [5.74, 6) is -0.641. The lowest BCUT2D eigenvalue weighted by atomic mass is 9.90. The molecule has 0 aliphatic carbocycles. The molecule has 0 saturated heterocycles. The van der Waals surface area contributed by atoms with Crippen LogP contribution >= 0.6 is 0 Å².